The van der Waals surface area contributed by atoms with Crippen LogP contribution in [-0.2, 0) is 27.4 Å². The highest BCUT2D eigenvalue weighted by molar-refractivity contribution is 5.81. The van der Waals surface area contributed by atoms with Crippen molar-refractivity contribution in [2.75, 3.05) is 32.8 Å². The normalized spacial score (nSPS) is 27.8. The monoisotopic (exact) mass is 347 g/mol. The molecule has 2 N–H and O–H groups in total. The van der Waals surface area contributed by atoms with Crippen molar-refractivity contribution in [2.24, 2.45) is 0 Å². The van der Waals surface area contributed by atoms with E-state index in [1.54, 1.807) is 0 Å². The van der Waals surface area contributed by atoms with Crippen molar-refractivity contribution in [1.29, 1.82) is 0 Å². The molecule has 1 aromatic rings. The molecule has 0 radical (unpaired) electrons. The number of rotatable bonds is 5. The van der Waals surface area contributed by atoms with Crippen molar-refractivity contribution in [3.8, 4) is 0 Å². The van der Waals surface area contributed by atoms with Crippen molar-refractivity contribution < 1.29 is 14.3 Å². The van der Waals surface area contributed by atoms with Gasteiger partial charge in [0.2, 0.25) is 0 Å². The Bertz CT molecular complexity index is 565. The zero-order valence-electron chi connectivity index (χ0n) is 15.2. The Balaban J connectivity index is 1.57. The molecule has 6 heteroatoms. The summed E-state index contributed by atoms with van der Waals surface area (Å²) in [6.07, 6.45) is 0.125. The van der Waals surface area contributed by atoms with E-state index in [-0.39, 0.29) is 24.2 Å². The van der Waals surface area contributed by atoms with Crippen LogP contribution in [0.4, 0.5) is 0 Å². The summed E-state index contributed by atoms with van der Waals surface area (Å²) >= 11 is 0. The first-order chi connectivity index (χ1) is 12.1. The van der Waals surface area contributed by atoms with Gasteiger partial charge in [0.15, 0.2) is 0 Å². The number of ether oxygens (including phenoxy) is 2. The van der Waals surface area contributed by atoms with Gasteiger partial charge in [0, 0.05) is 39.3 Å². The minimum absolute atomic E-state index is 0.0457. The Labute approximate surface area is 149 Å². The number of carbonyl (C=O) groups excluding carboxylic acids is 1. The topological polar surface area (TPSA) is 62.8 Å². The van der Waals surface area contributed by atoms with E-state index in [2.05, 4.69) is 47.6 Å². The van der Waals surface area contributed by atoms with Crippen molar-refractivity contribution in [3.63, 3.8) is 0 Å². The van der Waals surface area contributed by atoms with E-state index in [9.17, 15) is 4.79 Å². The van der Waals surface area contributed by atoms with Crippen LogP contribution in [0.2, 0.25) is 0 Å². The molecule has 0 aliphatic carbocycles. The van der Waals surface area contributed by atoms with Gasteiger partial charge in [0.05, 0.1) is 18.8 Å². The van der Waals surface area contributed by atoms with Crippen LogP contribution in [0, 0.1) is 0 Å². The highest BCUT2D eigenvalue weighted by atomic mass is 16.5. The summed E-state index contributed by atoms with van der Waals surface area (Å²) in [6, 6.07) is 8.31. The molecular formula is C19H29N3O3. The van der Waals surface area contributed by atoms with E-state index in [4.69, 9.17) is 9.47 Å². The van der Waals surface area contributed by atoms with Gasteiger partial charge in [-0.2, -0.15) is 0 Å². The standard InChI is InChI=1S/C19H29N3O3/c1-14-11-22(12-15(2)25-14)13-17-6-4-3-5-16(17)9-21-19(23)18-10-20-7-8-24-18/h3-6,14-15,18,20H,7-13H2,1-2H3,(H,21,23)/t14-,15+,18-/m1/s1. The fraction of sp³-hybridized carbons (Fsp3) is 0.632. The van der Waals surface area contributed by atoms with Crippen LogP contribution < -0.4 is 10.6 Å². The fourth-order valence-corrected chi connectivity index (χ4v) is 3.57. The largest absolute Gasteiger partial charge is 0.373 e. The van der Waals surface area contributed by atoms with Crippen LogP contribution in [-0.4, -0.2) is 61.9 Å². The molecule has 0 unspecified atom stereocenters. The number of amides is 1. The minimum Gasteiger partial charge on any atom is -0.373 e. The van der Waals surface area contributed by atoms with Gasteiger partial charge in [-0.05, 0) is 25.0 Å². The second-order valence-electron chi connectivity index (χ2n) is 7.00. The molecule has 1 aromatic carbocycles. The summed E-state index contributed by atoms with van der Waals surface area (Å²) in [5.41, 5.74) is 2.42. The molecule has 25 heavy (non-hydrogen) atoms. The summed E-state index contributed by atoms with van der Waals surface area (Å²) in [5.74, 6) is -0.0457. The van der Waals surface area contributed by atoms with E-state index in [1.165, 1.54) is 5.56 Å². The van der Waals surface area contributed by atoms with Crippen LogP contribution in [0.5, 0.6) is 0 Å². The third-order valence-corrected chi connectivity index (χ3v) is 4.68. The molecule has 0 bridgehead atoms. The maximum atomic E-state index is 12.3. The Hall–Kier alpha value is -1.47. The predicted octanol–water partition coefficient (Wildman–Crippen LogP) is 0.900. The number of hydrogen-bond donors (Lipinski definition) is 2. The lowest BCUT2D eigenvalue weighted by molar-refractivity contribution is -0.134. The molecule has 2 fully saturated rings. The molecule has 6 nitrogen and oxygen atoms in total. The molecule has 2 heterocycles. The highest BCUT2D eigenvalue weighted by Gasteiger charge is 2.24. The van der Waals surface area contributed by atoms with Gasteiger partial charge in [-0.25, -0.2) is 0 Å². The van der Waals surface area contributed by atoms with Gasteiger partial charge in [-0.1, -0.05) is 24.3 Å². The lowest BCUT2D eigenvalue weighted by atomic mass is 10.1. The molecule has 2 saturated heterocycles. The number of morpholine rings is 2. The lowest BCUT2D eigenvalue weighted by Crippen LogP contribution is -2.47. The van der Waals surface area contributed by atoms with E-state index in [0.717, 1.165) is 31.7 Å². The number of nitrogens with one attached hydrogen (secondary N) is 2. The maximum Gasteiger partial charge on any atom is 0.250 e. The predicted molar refractivity (Wildman–Crippen MR) is 96.2 cm³/mol. The summed E-state index contributed by atoms with van der Waals surface area (Å²) in [6.45, 7) is 9.50. The van der Waals surface area contributed by atoms with Crippen LogP contribution in [0.3, 0.4) is 0 Å². The second-order valence-corrected chi connectivity index (χ2v) is 7.00. The average molecular weight is 347 g/mol. The summed E-state index contributed by atoms with van der Waals surface area (Å²) in [7, 11) is 0. The van der Waals surface area contributed by atoms with Crippen molar-refractivity contribution in [2.45, 2.75) is 45.2 Å². The van der Waals surface area contributed by atoms with Gasteiger partial charge < -0.3 is 20.1 Å². The molecule has 0 aromatic heterocycles. The zero-order chi connectivity index (χ0) is 17.6. The molecule has 1 amide bonds. The zero-order valence-corrected chi connectivity index (χ0v) is 15.2. The van der Waals surface area contributed by atoms with E-state index < -0.39 is 0 Å². The first-order valence-corrected chi connectivity index (χ1v) is 9.16. The number of nitrogens with zero attached hydrogens (tertiary/aromatic N) is 1. The van der Waals surface area contributed by atoms with Gasteiger partial charge in [0.25, 0.3) is 5.91 Å². The Morgan fingerprint density at radius 2 is 1.96 bits per heavy atom. The quantitative estimate of drug-likeness (QED) is 0.829. The molecular weight excluding hydrogens is 318 g/mol. The number of carbonyl (C=O) groups is 1. The minimum atomic E-state index is -0.387. The summed E-state index contributed by atoms with van der Waals surface area (Å²) in [4.78, 5) is 14.7. The molecule has 0 saturated carbocycles. The van der Waals surface area contributed by atoms with E-state index in [1.807, 2.05) is 6.07 Å². The van der Waals surface area contributed by atoms with Crippen LogP contribution in [0.25, 0.3) is 0 Å². The van der Waals surface area contributed by atoms with Crippen molar-refractivity contribution in [1.82, 2.24) is 15.5 Å². The van der Waals surface area contributed by atoms with Crippen molar-refractivity contribution in [3.05, 3.63) is 35.4 Å². The molecule has 138 valence electrons. The highest BCUT2D eigenvalue weighted by Crippen LogP contribution is 2.17. The molecule has 2 aliphatic rings. The van der Waals surface area contributed by atoms with Crippen LogP contribution >= 0.6 is 0 Å². The first-order valence-electron chi connectivity index (χ1n) is 9.16. The molecule has 3 rings (SSSR count). The molecule has 3 atom stereocenters. The number of hydrogen-bond acceptors (Lipinski definition) is 5. The Morgan fingerprint density at radius 3 is 2.64 bits per heavy atom. The maximum absolute atomic E-state index is 12.3. The average Bonchev–Trinajstić information content (AvgIpc) is 2.60. The smallest absolute Gasteiger partial charge is 0.250 e. The third-order valence-electron chi connectivity index (χ3n) is 4.68. The number of benzene rings is 1. The SMILES string of the molecule is C[C@@H]1CN(Cc2ccccc2CNC(=O)[C@H]2CNCCO2)C[C@H](C)O1. The van der Waals surface area contributed by atoms with Gasteiger partial charge in [-0.15, -0.1) is 0 Å². The van der Waals surface area contributed by atoms with Crippen LogP contribution in [0.1, 0.15) is 25.0 Å². The lowest BCUT2D eigenvalue weighted by Gasteiger charge is -2.35. The van der Waals surface area contributed by atoms with Gasteiger partial charge >= 0.3 is 0 Å². The van der Waals surface area contributed by atoms with Crippen molar-refractivity contribution >= 4 is 5.91 Å². The summed E-state index contributed by atoms with van der Waals surface area (Å²) < 4.78 is 11.3. The first kappa shape index (κ1) is 18.3. The Morgan fingerprint density at radius 1 is 1.24 bits per heavy atom. The van der Waals surface area contributed by atoms with E-state index >= 15 is 0 Å². The summed E-state index contributed by atoms with van der Waals surface area (Å²) in [5, 5.41) is 6.20. The van der Waals surface area contributed by atoms with Crippen LogP contribution in [0.15, 0.2) is 24.3 Å². The fourth-order valence-electron chi connectivity index (χ4n) is 3.57. The third kappa shape index (κ3) is 5.25. The van der Waals surface area contributed by atoms with Gasteiger partial charge in [0.1, 0.15) is 6.10 Å². The molecule has 2 aliphatic heterocycles. The van der Waals surface area contributed by atoms with E-state index in [0.29, 0.717) is 19.7 Å². The van der Waals surface area contributed by atoms with Gasteiger partial charge in [-0.3, -0.25) is 9.69 Å². The molecule has 0 spiro atoms. The second kappa shape index (κ2) is 8.76. The Kier molecular flexibility index (Phi) is 6.42.